The molecule has 0 spiro atoms. The molecule has 2 aromatic rings. The Morgan fingerprint density at radius 1 is 1.19 bits per heavy atom. The van der Waals surface area contributed by atoms with Crippen LogP contribution in [0.1, 0.15) is 43.9 Å². The zero-order chi connectivity index (χ0) is 17.6. The molecule has 1 aliphatic carbocycles. The molecule has 5 nitrogen and oxygen atoms in total. The minimum atomic E-state index is 0. The number of benzene rings is 1. The highest BCUT2D eigenvalue weighted by atomic mass is 127. The number of guanidine groups is 1. The van der Waals surface area contributed by atoms with E-state index < -0.39 is 0 Å². The lowest BCUT2D eigenvalue weighted by atomic mass is 9.87. The Balaban J connectivity index is 0.00000243. The summed E-state index contributed by atoms with van der Waals surface area (Å²) in [5, 5.41) is 6.86. The third kappa shape index (κ3) is 5.72. The fourth-order valence-electron chi connectivity index (χ4n) is 3.18. The van der Waals surface area contributed by atoms with Gasteiger partial charge in [-0.2, -0.15) is 0 Å². The molecule has 0 saturated heterocycles. The van der Waals surface area contributed by atoms with Crippen LogP contribution in [0, 0.1) is 12.8 Å². The molecule has 2 N–H and O–H groups in total. The van der Waals surface area contributed by atoms with Crippen LogP contribution < -0.4 is 10.6 Å². The van der Waals surface area contributed by atoms with E-state index in [1.807, 2.05) is 12.1 Å². The van der Waals surface area contributed by atoms with Gasteiger partial charge in [-0.25, -0.2) is 4.98 Å². The van der Waals surface area contributed by atoms with E-state index in [4.69, 9.17) is 4.42 Å². The smallest absolute Gasteiger partial charge is 0.226 e. The molecule has 0 aliphatic heterocycles. The second-order valence-electron chi connectivity index (χ2n) is 7.04. The minimum absolute atomic E-state index is 0. The van der Waals surface area contributed by atoms with Crippen molar-refractivity contribution < 1.29 is 4.42 Å². The fourth-order valence-corrected chi connectivity index (χ4v) is 3.18. The Hall–Kier alpha value is -1.57. The van der Waals surface area contributed by atoms with Crippen molar-refractivity contribution in [2.24, 2.45) is 10.9 Å². The normalized spacial score (nSPS) is 20.3. The zero-order valence-electron chi connectivity index (χ0n) is 15.8. The second kappa shape index (κ2) is 9.94. The van der Waals surface area contributed by atoms with E-state index in [-0.39, 0.29) is 24.0 Å². The van der Waals surface area contributed by atoms with Crippen molar-refractivity contribution in [2.45, 2.75) is 52.1 Å². The number of rotatable bonds is 4. The van der Waals surface area contributed by atoms with E-state index in [0.29, 0.717) is 18.5 Å². The molecule has 1 saturated carbocycles. The van der Waals surface area contributed by atoms with Crippen molar-refractivity contribution in [1.29, 1.82) is 0 Å². The number of oxazole rings is 1. The van der Waals surface area contributed by atoms with Gasteiger partial charge in [0, 0.05) is 18.7 Å². The second-order valence-corrected chi connectivity index (χ2v) is 7.04. The fraction of sp³-hybridized carbons (Fsp3) is 0.500. The molecule has 0 bridgehead atoms. The first-order valence-corrected chi connectivity index (χ1v) is 9.12. The van der Waals surface area contributed by atoms with Gasteiger partial charge in [0.05, 0.1) is 12.2 Å². The number of aryl methyl sites for hydroxylation is 1. The molecular weight excluding hydrogens is 439 g/mol. The van der Waals surface area contributed by atoms with E-state index in [1.54, 1.807) is 13.3 Å². The van der Waals surface area contributed by atoms with Crippen LogP contribution in [0.2, 0.25) is 0 Å². The van der Waals surface area contributed by atoms with Gasteiger partial charge in [-0.15, -0.1) is 24.0 Å². The summed E-state index contributed by atoms with van der Waals surface area (Å²) in [6.45, 7) is 5.00. The SMILES string of the molecule is CN=C(NCc1coc(-c2ccc(C)cc2)n1)NC1CCC(C)CC1.I. The summed E-state index contributed by atoms with van der Waals surface area (Å²) in [4.78, 5) is 8.89. The lowest BCUT2D eigenvalue weighted by Crippen LogP contribution is -2.44. The first-order chi connectivity index (χ1) is 12.1. The van der Waals surface area contributed by atoms with E-state index in [1.165, 1.54) is 31.2 Å². The number of aromatic nitrogens is 1. The number of hydrogen-bond acceptors (Lipinski definition) is 3. The summed E-state index contributed by atoms with van der Waals surface area (Å²) in [6.07, 6.45) is 6.71. The van der Waals surface area contributed by atoms with Crippen molar-refractivity contribution in [1.82, 2.24) is 15.6 Å². The molecule has 0 radical (unpaired) electrons. The third-order valence-corrected chi connectivity index (χ3v) is 4.87. The number of nitrogens with one attached hydrogen (secondary N) is 2. The highest BCUT2D eigenvalue weighted by Crippen LogP contribution is 2.23. The average molecular weight is 468 g/mol. The van der Waals surface area contributed by atoms with E-state index in [9.17, 15) is 0 Å². The molecule has 0 atom stereocenters. The molecule has 142 valence electrons. The van der Waals surface area contributed by atoms with E-state index in [0.717, 1.165) is 23.1 Å². The maximum atomic E-state index is 5.61. The highest BCUT2D eigenvalue weighted by molar-refractivity contribution is 14.0. The molecule has 1 aliphatic rings. The topological polar surface area (TPSA) is 62.5 Å². The highest BCUT2D eigenvalue weighted by Gasteiger charge is 2.19. The Kier molecular flexibility index (Phi) is 7.93. The Morgan fingerprint density at radius 2 is 1.88 bits per heavy atom. The zero-order valence-corrected chi connectivity index (χ0v) is 18.1. The predicted octanol–water partition coefficient (Wildman–Crippen LogP) is 4.51. The molecule has 1 aromatic heterocycles. The lowest BCUT2D eigenvalue weighted by molar-refractivity contribution is 0.329. The van der Waals surface area contributed by atoms with Crippen LogP contribution >= 0.6 is 24.0 Å². The van der Waals surface area contributed by atoms with Gasteiger partial charge in [-0.1, -0.05) is 24.6 Å². The summed E-state index contributed by atoms with van der Waals surface area (Å²) >= 11 is 0. The monoisotopic (exact) mass is 468 g/mol. The minimum Gasteiger partial charge on any atom is -0.444 e. The van der Waals surface area contributed by atoms with Crippen molar-refractivity contribution in [3.05, 3.63) is 41.8 Å². The van der Waals surface area contributed by atoms with Crippen LogP contribution in [0.15, 0.2) is 39.9 Å². The first-order valence-electron chi connectivity index (χ1n) is 9.12. The van der Waals surface area contributed by atoms with Gasteiger partial charge in [0.15, 0.2) is 5.96 Å². The average Bonchev–Trinajstić information content (AvgIpc) is 3.10. The summed E-state index contributed by atoms with van der Waals surface area (Å²) in [7, 11) is 1.81. The van der Waals surface area contributed by atoms with Crippen LogP contribution in [-0.2, 0) is 6.54 Å². The van der Waals surface area contributed by atoms with Crippen LogP contribution in [0.4, 0.5) is 0 Å². The van der Waals surface area contributed by atoms with Crippen molar-refractivity contribution in [2.75, 3.05) is 7.05 Å². The third-order valence-electron chi connectivity index (χ3n) is 4.87. The number of aliphatic imine (C=N–C) groups is 1. The van der Waals surface area contributed by atoms with Gasteiger partial charge in [-0.05, 0) is 50.7 Å². The Bertz CT molecular complexity index is 703. The quantitative estimate of drug-likeness (QED) is 0.394. The lowest BCUT2D eigenvalue weighted by Gasteiger charge is -2.28. The largest absolute Gasteiger partial charge is 0.444 e. The standard InChI is InChI=1S/C20H28N4O.HI/c1-14-4-8-16(9-5-14)19-23-18(13-25-19)12-22-20(21-3)24-17-10-6-15(2)7-11-17;/h4-5,8-9,13,15,17H,6-7,10-12H2,1-3H3,(H2,21,22,24);1H. The van der Waals surface area contributed by atoms with Crippen LogP contribution in [0.3, 0.4) is 0 Å². The van der Waals surface area contributed by atoms with Gasteiger partial charge in [0.1, 0.15) is 6.26 Å². The molecule has 1 heterocycles. The molecule has 0 unspecified atom stereocenters. The number of hydrogen-bond donors (Lipinski definition) is 2. The van der Waals surface area contributed by atoms with Crippen LogP contribution in [0.25, 0.3) is 11.5 Å². The van der Waals surface area contributed by atoms with Gasteiger partial charge in [-0.3, -0.25) is 4.99 Å². The summed E-state index contributed by atoms with van der Waals surface area (Å²) in [5.41, 5.74) is 3.09. The van der Waals surface area contributed by atoms with Crippen molar-refractivity contribution >= 4 is 29.9 Å². The van der Waals surface area contributed by atoms with Crippen LogP contribution in [-0.4, -0.2) is 24.0 Å². The summed E-state index contributed by atoms with van der Waals surface area (Å²) < 4.78 is 5.61. The summed E-state index contributed by atoms with van der Waals surface area (Å²) in [5.74, 6) is 2.34. The Morgan fingerprint density at radius 3 is 2.54 bits per heavy atom. The van der Waals surface area contributed by atoms with Gasteiger partial charge in [0.2, 0.25) is 5.89 Å². The molecular formula is C20H29IN4O. The molecule has 6 heteroatoms. The molecule has 26 heavy (non-hydrogen) atoms. The maximum absolute atomic E-state index is 5.61. The van der Waals surface area contributed by atoms with Gasteiger partial charge >= 0.3 is 0 Å². The van der Waals surface area contributed by atoms with E-state index in [2.05, 4.69) is 46.6 Å². The van der Waals surface area contributed by atoms with Crippen molar-refractivity contribution in [3.63, 3.8) is 0 Å². The number of halogens is 1. The maximum Gasteiger partial charge on any atom is 0.226 e. The molecule has 0 amide bonds. The molecule has 1 fully saturated rings. The van der Waals surface area contributed by atoms with Crippen LogP contribution in [0.5, 0.6) is 0 Å². The Labute approximate surface area is 173 Å². The van der Waals surface area contributed by atoms with Crippen molar-refractivity contribution in [3.8, 4) is 11.5 Å². The molecule has 1 aromatic carbocycles. The predicted molar refractivity (Wildman–Crippen MR) is 117 cm³/mol. The van der Waals surface area contributed by atoms with Gasteiger partial charge < -0.3 is 15.1 Å². The molecule has 3 rings (SSSR count). The first kappa shape index (κ1) is 20.7. The number of nitrogens with zero attached hydrogens (tertiary/aromatic N) is 2. The summed E-state index contributed by atoms with van der Waals surface area (Å²) in [6, 6.07) is 8.71. The van der Waals surface area contributed by atoms with Gasteiger partial charge in [0.25, 0.3) is 0 Å². The van der Waals surface area contributed by atoms with E-state index >= 15 is 0 Å².